The lowest BCUT2D eigenvalue weighted by molar-refractivity contribution is -0.127. The summed E-state index contributed by atoms with van der Waals surface area (Å²) in [6, 6.07) is 23.0. The largest absolute Gasteiger partial charge is 0.467 e. The standard InChI is InChI=1S/C25H21N5O3S/c31-23(17-29-21-12-5-4-11-20(21)27-28-29)30(18-8-2-1-3-9-18)24(22-13-7-15-34-22)25(32)26-16-19-10-6-14-33-19/h1-15,24H,16-17H2,(H,26,32). The van der Waals surface area contributed by atoms with E-state index in [2.05, 4.69) is 15.6 Å². The normalized spacial score (nSPS) is 11.9. The van der Waals surface area contributed by atoms with Crippen molar-refractivity contribution in [3.05, 3.63) is 101 Å². The van der Waals surface area contributed by atoms with Gasteiger partial charge in [0.2, 0.25) is 11.8 Å². The fourth-order valence-electron chi connectivity index (χ4n) is 3.77. The molecular formula is C25H21N5O3S. The number of hydrogen-bond acceptors (Lipinski definition) is 6. The fourth-order valence-corrected chi connectivity index (χ4v) is 4.58. The Kier molecular flexibility index (Phi) is 6.17. The molecule has 0 aliphatic carbocycles. The van der Waals surface area contributed by atoms with Crippen molar-refractivity contribution in [2.45, 2.75) is 19.1 Å². The molecule has 0 bridgehead atoms. The number of amides is 2. The van der Waals surface area contributed by atoms with Crippen LogP contribution in [0.4, 0.5) is 5.69 Å². The highest BCUT2D eigenvalue weighted by molar-refractivity contribution is 7.10. The number of fused-ring (bicyclic) bond motifs is 1. The number of nitrogens with zero attached hydrogens (tertiary/aromatic N) is 4. The molecule has 0 spiro atoms. The minimum atomic E-state index is -0.861. The van der Waals surface area contributed by atoms with Gasteiger partial charge in [0.25, 0.3) is 0 Å². The van der Waals surface area contributed by atoms with Crippen molar-refractivity contribution in [1.29, 1.82) is 0 Å². The van der Waals surface area contributed by atoms with Crippen molar-refractivity contribution in [2.24, 2.45) is 0 Å². The molecule has 8 nitrogen and oxygen atoms in total. The SMILES string of the molecule is O=C(NCc1ccco1)C(c1cccs1)N(C(=O)Cn1nnc2ccccc21)c1ccccc1. The van der Waals surface area contributed by atoms with Gasteiger partial charge in [-0.2, -0.15) is 0 Å². The van der Waals surface area contributed by atoms with E-state index in [1.54, 1.807) is 23.1 Å². The second-order valence-electron chi connectivity index (χ2n) is 7.55. The maximum Gasteiger partial charge on any atom is 0.249 e. The predicted molar refractivity (Wildman–Crippen MR) is 129 cm³/mol. The van der Waals surface area contributed by atoms with Gasteiger partial charge in [0.1, 0.15) is 23.9 Å². The van der Waals surface area contributed by atoms with Gasteiger partial charge in [0.05, 0.1) is 18.3 Å². The predicted octanol–water partition coefficient (Wildman–Crippen LogP) is 4.18. The molecule has 2 aromatic carbocycles. The molecule has 0 aliphatic heterocycles. The molecule has 3 heterocycles. The van der Waals surface area contributed by atoms with E-state index in [4.69, 9.17) is 4.42 Å². The third kappa shape index (κ3) is 4.46. The van der Waals surface area contributed by atoms with Crippen LogP contribution < -0.4 is 10.2 Å². The number of carbonyl (C=O) groups excluding carboxylic acids is 2. The summed E-state index contributed by atoms with van der Waals surface area (Å²) < 4.78 is 6.90. The van der Waals surface area contributed by atoms with Crippen LogP contribution in [0.3, 0.4) is 0 Å². The Morgan fingerprint density at radius 3 is 2.59 bits per heavy atom. The Bertz CT molecular complexity index is 1380. The number of para-hydroxylation sites is 2. The van der Waals surface area contributed by atoms with Gasteiger partial charge in [0, 0.05) is 10.6 Å². The number of carbonyl (C=O) groups is 2. The van der Waals surface area contributed by atoms with Gasteiger partial charge < -0.3 is 9.73 Å². The van der Waals surface area contributed by atoms with Crippen LogP contribution in [0.5, 0.6) is 0 Å². The van der Waals surface area contributed by atoms with Crippen LogP contribution >= 0.6 is 11.3 Å². The number of benzene rings is 2. The van der Waals surface area contributed by atoms with Crippen molar-refractivity contribution in [1.82, 2.24) is 20.3 Å². The first-order valence-electron chi connectivity index (χ1n) is 10.7. The smallest absolute Gasteiger partial charge is 0.249 e. The number of aromatic nitrogens is 3. The molecule has 3 aromatic heterocycles. The first-order chi connectivity index (χ1) is 16.7. The minimum absolute atomic E-state index is 0.0667. The molecule has 1 N–H and O–H groups in total. The molecule has 1 atom stereocenters. The number of nitrogens with one attached hydrogen (secondary N) is 1. The lowest BCUT2D eigenvalue weighted by Gasteiger charge is -2.30. The van der Waals surface area contributed by atoms with Gasteiger partial charge in [-0.05, 0) is 47.8 Å². The van der Waals surface area contributed by atoms with Crippen molar-refractivity contribution in [3.63, 3.8) is 0 Å². The van der Waals surface area contributed by atoms with Crippen LogP contribution in [0.15, 0.2) is 94.9 Å². The lowest BCUT2D eigenvalue weighted by Crippen LogP contribution is -2.44. The number of furan rings is 1. The monoisotopic (exact) mass is 471 g/mol. The van der Waals surface area contributed by atoms with Gasteiger partial charge in [-0.25, -0.2) is 4.68 Å². The Balaban J connectivity index is 1.50. The van der Waals surface area contributed by atoms with E-state index in [1.165, 1.54) is 16.2 Å². The van der Waals surface area contributed by atoms with Crippen molar-refractivity contribution >= 4 is 39.9 Å². The molecule has 0 saturated carbocycles. The highest BCUT2D eigenvalue weighted by atomic mass is 32.1. The van der Waals surface area contributed by atoms with Crippen LogP contribution in [-0.2, 0) is 22.7 Å². The van der Waals surface area contributed by atoms with Gasteiger partial charge in [-0.15, -0.1) is 16.4 Å². The summed E-state index contributed by atoms with van der Waals surface area (Å²) in [5.74, 6) is 0.0397. The molecule has 2 amide bonds. The van der Waals surface area contributed by atoms with Gasteiger partial charge in [-0.3, -0.25) is 14.5 Å². The highest BCUT2D eigenvalue weighted by Crippen LogP contribution is 2.31. The second-order valence-corrected chi connectivity index (χ2v) is 8.53. The maximum atomic E-state index is 13.8. The van der Waals surface area contributed by atoms with E-state index in [9.17, 15) is 9.59 Å². The Morgan fingerprint density at radius 1 is 1.00 bits per heavy atom. The van der Waals surface area contributed by atoms with Gasteiger partial charge >= 0.3 is 0 Å². The van der Waals surface area contributed by atoms with Crippen LogP contribution in [0.25, 0.3) is 11.0 Å². The number of rotatable bonds is 8. The van der Waals surface area contributed by atoms with Crippen LogP contribution in [0.1, 0.15) is 16.7 Å². The zero-order valence-electron chi connectivity index (χ0n) is 18.1. The summed E-state index contributed by atoms with van der Waals surface area (Å²) in [5.41, 5.74) is 2.06. The summed E-state index contributed by atoms with van der Waals surface area (Å²) >= 11 is 1.42. The summed E-state index contributed by atoms with van der Waals surface area (Å²) in [6.07, 6.45) is 1.56. The van der Waals surface area contributed by atoms with Crippen molar-refractivity contribution < 1.29 is 14.0 Å². The van der Waals surface area contributed by atoms with Crippen molar-refractivity contribution in [2.75, 3.05) is 4.90 Å². The Labute approximate surface area is 199 Å². The van der Waals surface area contributed by atoms with E-state index in [1.807, 2.05) is 72.1 Å². The van der Waals surface area contributed by atoms with Crippen LogP contribution in [0.2, 0.25) is 0 Å². The summed E-state index contributed by atoms with van der Waals surface area (Å²) in [5, 5.41) is 13.1. The topological polar surface area (TPSA) is 93.3 Å². The van der Waals surface area contributed by atoms with Gasteiger partial charge in [0.15, 0.2) is 0 Å². The number of anilines is 1. The molecule has 0 aliphatic rings. The molecule has 170 valence electrons. The number of hydrogen-bond donors (Lipinski definition) is 1. The summed E-state index contributed by atoms with van der Waals surface area (Å²) in [4.78, 5) is 29.5. The fraction of sp³-hybridized carbons (Fsp3) is 0.120. The molecule has 0 fully saturated rings. The summed E-state index contributed by atoms with van der Waals surface area (Å²) in [7, 11) is 0. The second kappa shape index (κ2) is 9.72. The zero-order valence-corrected chi connectivity index (χ0v) is 18.9. The number of thiophene rings is 1. The average molecular weight is 472 g/mol. The average Bonchev–Trinajstić information content (AvgIpc) is 3.64. The van der Waals surface area contributed by atoms with E-state index in [0.717, 1.165) is 10.4 Å². The third-order valence-corrected chi connectivity index (χ3v) is 6.27. The first kappa shape index (κ1) is 21.6. The molecule has 5 rings (SSSR count). The quantitative estimate of drug-likeness (QED) is 0.367. The zero-order chi connectivity index (χ0) is 23.3. The van der Waals surface area contributed by atoms with E-state index < -0.39 is 6.04 Å². The first-order valence-corrected chi connectivity index (χ1v) is 11.6. The van der Waals surface area contributed by atoms with Gasteiger partial charge in [-0.1, -0.05) is 41.6 Å². The van der Waals surface area contributed by atoms with Crippen LogP contribution in [-0.4, -0.2) is 26.8 Å². The Hall–Kier alpha value is -4.24. The summed E-state index contributed by atoms with van der Waals surface area (Å²) in [6.45, 7) is 0.154. The lowest BCUT2D eigenvalue weighted by atomic mass is 10.1. The van der Waals surface area contributed by atoms with Crippen molar-refractivity contribution in [3.8, 4) is 0 Å². The molecule has 9 heteroatoms. The molecule has 34 heavy (non-hydrogen) atoms. The Morgan fingerprint density at radius 2 is 1.82 bits per heavy atom. The third-order valence-electron chi connectivity index (χ3n) is 5.34. The van der Waals surface area contributed by atoms with E-state index in [-0.39, 0.29) is 24.9 Å². The van der Waals surface area contributed by atoms with E-state index >= 15 is 0 Å². The minimum Gasteiger partial charge on any atom is -0.467 e. The molecular weight excluding hydrogens is 450 g/mol. The van der Waals surface area contributed by atoms with E-state index in [0.29, 0.717) is 17.0 Å². The maximum absolute atomic E-state index is 13.8. The highest BCUT2D eigenvalue weighted by Gasteiger charge is 2.34. The molecule has 1 unspecified atom stereocenters. The molecule has 0 saturated heterocycles. The molecule has 5 aromatic rings. The molecule has 0 radical (unpaired) electrons. The van der Waals surface area contributed by atoms with Crippen LogP contribution in [0, 0.1) is 0 Å².